The summed E-state index contributed by atoms with van der Waals surface area (Å²) in [5, 5.41) is 0.656. The van der Waals surface area contributed by atoms with Crippen LogP contribution in [0, 0.1) is 13.8 Å². The van der Waals surface area contributed by atoms with Gasteiger partial charge in [-0.2, -0.15) is 0 Å². The number of anilines is 1. The van der Waals surface area contributed by atoms with Gasteiger partial charge in [-0.05, 0) is 55.8 Å². The van der Waals surface area contributed by atoms with Gasteiger partial charge < -0.3 is 22.7 Å². The van der Waals surface area contributed by atoms with Gasteiger partial charge in [0.1, 0.15) is 5.69 Å². The average molecular weight is 368 g/mol. The molecule has 0 unspecified atom stereocenters. The second-order valence-electron chi connectivity index (χ2n) is 6.92. The first kappa shape index (κ1) is 17.4. The number of halogens is 2. The summed E-state index contributed by atoms with van der Waals surface area (Å²) in [6.45, 7) is 3.65. The lowest BCUT2D eigenvalue weighted by atomic mass is 10.0. The van der Waals surface area contributed by atoms with Crippen LogP contribution in [0.4, 0.5) is 20.1 Å². The van der Waals surface area contributed by atoms with Gasteiger partial charge in [-0.1, -0.05) is 4.99 Å². The molecule has 3 aromatic rings. The summed E-state index contributed by atoms with van der Waals surface area (Å²) in [5.74, 6) is 0.0389. The highest BCUT2D eigenvalue weighted by molar-refractivity contribution is 6.53. The lowest BCUT2D eigenvalue weighted by Crippen LogP contribution is -2.64. The maximum absolute atomic E-state index is 15.0. The van der Waals surface area contributed by atoms with Crippen molar-refractivity contribution < 1.29 is 17.8 Å². The van der Waals surface area contributed by atoms with Crippen LogP contribution >= 0.6 is 0 Å². The summed E-state index contributed by atoms with van der Waals surface area (Å²) < 4.78 is 35.9. The summed E-state index contributed by atoms with van der Waals surface area (Å²) in [6.07, 6.45) is 0. The van der Waals surface area contributed by atoms with Crippen molar-refractivity contribution in [2.75, 3.05) is 19.0 Å². The first-order chi connectivity index (χ1) is 12.8. The number of fused-ring (bicyclic) bond motifs is 3. The van der Waals surface area contributed by atoms with Crippen LogP contribution in [-0.4, -0.2) is 32.0 Å². The molecule has 27 heavy (non-hydrogen) atoms. The minimum atomic E-state index is -4.36. The van der Waals surface area contributed by atoms with Crippen molar-refractivity contribution in [3.05, 3.63) is 59.3 Å². The van der Waals surface area contributed by atoms with Gasteiger partial charge in [0.25, 0.3) is 5.90 Å². The van der Waals surface area contributed by atoms with Gasteiger partial charge in [-0.25, -0.2) is 0 Å². The molecule has 4 rings (SSSR count). The predicted molar refractivity (Wildman–Crippen MR) is 103 cm³/mol. The largest absolute Gasteiger partial charge is 0.703 e. The Hall–Kier alpha value is -3.03. The van der Waals surface area contributed by atoms with Crippen LogP contribution in [0.1, 0.15) is 16.8 Å². The van der Waals surface area contributed by atoms with Gasteiger partial charge in [-0.15, -0.1) is 4.98 Å². The van der Waals surface area contributed by atoms with Crippen molar-refractivity contribution in [3.8, 4) is 0 Å². The maximum Gasteiger partial charge on any atom is 0.703 e. The Morgan fingerprint density at radius 2 is 1.74 bits per heavy atom. The van der Waals surface area contributed by atoms with Crippen LogP contribution in [0.3, 0.4) is 0 Å². The van der Waals surface area contributed by atoms with E-state index in [0.717, 1.165) is 15.7 Å². The van der Waals surface area contributed by atoms with Gasteiger partial charge in [0, 0.05) is 25.8 Å². The highest BCUT2D eigenvalue weighted by Crippen LogP contribution is 2.27. The molecule has 2 aromatic heterocycles. The molecule has 1 aromatic carbocycles. The van der Waals surface area contributed by atoms with E-state index in [9.17, 15) is 0 Å². The Kier molecular flexibility index (Phi) is 3.87. The van der Waals surface area contributed by atoms with E-state index in [2.05, 4.69) is 9.98 Å². The van der Waals surface area contributed by atoms with Gasteiger partial charge in [0.2, 0.25) is 11.5 Å². The minimum Gasteiger partial charge on any atom is -0.604 e. The Balaban J connectivity index is 1.89. The van der Waals surface area contributed by atoms with Crippen LogP contribution in [0.2, 0.25) is 0 Å². The molecule has 0 saturated carbocycles. The third kappa shape index (κ3) is 2.91. The second kappa shape index (κ2) is 6.01. The first-order valence-corrected chi connectivity index (χ1v) is 8.65. The monoisotopic (exact) mass is 368 g/mol. The Bertz CT molecular complexity index is 1080. The molecule has 0 radical (unpaired) electrons. The molecule has 1 aliphatic rings. The molecule has 0 saturated heterocycles. The number of pyridine rings is 2. The quantitative estimate of drug-likeness (QED) is 0.650. The van der Waals surface area contributed by atoms with Gasteiger partial charge >= 0.3 is 7.04 Å². The molecule has 0 bridgehead atoms. The zero-order chi connectivity index (χ0) is 19.3. The zero-order valence-corrected chi connectivity index (χ0v) is 15.6. The molecule has 1 aliphatic heterocycles. The fourth-order valence-corrected chi connectivity index (χ4v) is 3.30. The molecule has 0 spiro atoms. The number of aryl methyl sites for hydroxylation is 2. The molecule has 138 valence electrons. The van der Waals surface area contributed by atoms with E-state index >= 15 is 8.63 Å². The van der Waals surface area contributed by atoms with Crippen molar-refractivity contribution in [2.24, 2.45) is 4.99 Å². The first-order valence-electron chi connectivity index (χ1n) is 8.65. The topological polar surface area (TPSA) is 41.6 Å². The van der Waals surface area contributed by atoms with E-state index in [1.165, 1.54) is 0 Å². The van der Waals surface area contributed by atoms with Crippen molar-refractivity contribution >= 4 is 35.5 Å². The SMILES string of the molecule is Cc1cc(C)c2ccc3[n+](c2n1)[B-](F)(F)OC(c1ccc(N(C)C)cc1)=N3. The molecular weight excluding hydrogens is 349 g/mol. The standard InChI is InChI=1S/C19H19BF2N4O/c1-12-11-13(2)23-18-16(12)9-10-17-24-19(27-20(21,22)26(17)18)14-5-7-15(8-6-14)25(3)4/h5-11H,1-4H3. The second-order valence-corrected chi connectivity index (χ2v) is 6.92. The van der Waals surface area contributed by atoms with Crippen molar-refractivity contribution in [1.82, 2.24) is 4.98 Å². The molecule has 0 aliphatic carbocycles. The van der Waals surface area contributed by atoms with E-state index in [-0.39, 0.29) is 17.4 Å². The molecule has 0 N–H and O–H groups in total. The predicted octanol–water partition coefficient (Wildman–Crippen LogP) is 3.54. The average Bonchev–Trinajstić information content (AvgIpc) is 2.60. The normalized spacial score (nSPS) is 15.1. The smallest absolute Gasteiger partial charge is 0.604 e. The fourth-order valence-electron chi connectivity index (χ4n) is 3.30. The van der Waals surface area contributed by atoms with Crippen molar-refractivity contribution in [2.45, 2.75) is 13.8 Å². The summed E-state index contributed by atoms with van der Waals surface area (Å²) in [6, 6.07) is 12.3. The van der Waals surface area contributed by atoms with Gasteiger partial charge in [0.15, 0.2) is 0 Å². The Labute approximate surface area is 156 Å². The third-order valence-corrected chi connectivity index (χ3v) is 4.65. The molecule has 0 fully saturated rings. The van der Waals surface area contributed by atoms with Crippen LogP contribution < -0.4 is 9.38 Å². The third-order valence-electron chi connectivity index (χ3n) is 4.65. The van der Waals surface area contributed by atoms with Gasteiger partial charge in [0.05, 0.1) is 10.9 Å². The lowest BCUT2D eigenvalue weighted by Gasteiger charge is -2.30. The summed E-state index contributed by atoms with van der Waals surface area (Å²) in [7, 11) is -0.534. The number of benzene rings is 1. The number of aliphatic imine (C=N–C) groups is 1. The van der Waals surface area contributed by atoms with Crippen LogP contribution in [0.5, 0.6) is 0 Å². The maximum atomic E-state index is 15.0. The van der Waals surface area contributed by atoms with E-state index in [0.29, 0.717) is 16.6 Å². The van der Waals surface area contributed by atoms with Gasteiger partial charge in [-0.3, -0.25) is 0 Å². The minimum absolute atomic E-state index is 0.0889. The summed E-state index contributed by atoms with van der Waals surface area (Å²) in [5.41, 5.74) is 3.20. The molecule has 3 heterocycles. The molecule has 8 heteroatoms. The number of rotatable bonds is 2. The fraction of sp³-hybridized carbons (Fsp3) is 0.211. The highest BCUT2D eigenvalue weighted by atomic mass is 19.3. The highest BCUT2D eigenvalue weighted by Gasteiger charge is 2.45. The number of hydrogen-bond acceptors (Lipinski definition) is 4. The molecule has 5 nitrogen and oxygen atoms in total. The summed E-state index contributed by atoms with van der Waals surface area (Å²) >= 11 is 0. The van der Waals surface area contributed by atoms with Crippen molar-refractivity contribution in [1.29, 1.82) is 0 Å². The number of hydrogen-bond donors (Lipinski definition) is 0. The lowest BCUT2D eigenvalue weighted by molar-refractivity contribution is -0.542. The Morgan fingerprint density at radius 1 is 1.04 bits per heavy atom. The zero-order valence-electron chi connectivity index (χ0n) is 15.6. The van der Waals surface area contributed by atoms with E-state index in [4.69, 9.17) is 4.65 Å². The van der Waals surface area contributed by atoms with Crippen LogP contribution in [0.15, 0.2) is 47.5 Å². The van der Waals surface area contributed by atoms with Crippen LogP contribution in [-0.2, 0) is 4.65 Å². The van der Waals surface area contributed by atoms with Crippen molar-refractivity contribution in [3.63, 3.8) is 0 Å². The Morgan fingerprint density at radius 3 is 2.41 bits per heavy atom. The van der Waals surface area contributed by atoms with Crippen LogP contribution in [0.25, 0.3) is 11.0 Å². The molecule has 0 atom stereocenters. The number of nitrogens with zero attached hydrogens (tertiary/aromatic N) is 4. The van der Waals surface area contributed by atoms with E-state index in [1.807, 2.05) is 44.1 Å². The number of aromatic nitrogens is 2. The van der Waals surface area contributed by atoms with E-state index in [1.54, 1.807) is 31.2 Å². The summed E-state index contributed by atoms with van der Waals surface area (Å²) in [4.78, 5) is 10.6. The molecule has 0 amide bonds. The van der Waals surface area contributed by atoms with E-state index < -0.39 is 7.04 Å². The molecular formula is C19H19BF2N4O.